The number of benzene rings is 2. The van der Waals surface area contributed by atoms with Gasteiger partial charge in [0.1, 0.15) is 17.2 Å². The van der Waals surface area contributed by atoms with Gasteiger partial charge in [-0.1, -0.05) is 29.4 Å². The maximum absolute atomic E-state index is 13.1. The van der Waals surface area contributed by atoms with Crippen LogP contribution in [0.5, 0.6) is 5.75 Å². The molecule has 2 saturated heterocycles. The number of thiazole rings is 1. The summed E-state index contributed by atoms with van der Waals surface area (Å²) in [7, 11) is 1.36. The lowest BCUT2D eigenvalue weighted by molar-refractivity contribution is -0.274. The summed E-state index contributed by atoms with van der Waals surface area (Å²) >= 11 is 1.61. The molecule has 0 spiro atoms. The standard InChI is InChI=1S/C32H30F3N3O5S/c1-40-30(39)20-10-6-18(7-11-20)26-17-44-31(36-26)38-21-12-13-22(38)15-23(14-21)41-16-25-28(37-43-29(25)19-8-9-19)24-4-2-3-5-27(24)42-32(33,34)35/h2-7,10-11,17,19,21-23H,8-9,12-16H2,1H3/t21-,22+,23-. The second-order valence-corrected chi connectivity index (χ2v) is 12.3. The van der Waals surface area contributed by atoms with E-state index in [0.29, 0.717) is 22.6 Å². The zero-order valence-corrected chi connectivity index (χ0v) is 24.7. The Morgan fingerprint density at radius 1 is 1.05 bits per heavy atom. The number of hydrogen-bond donors (Lipinski definition) is 0. The maximum atomic E-state index is 13.1. The number of halogens is 3. The molecule has 230 valence electrons. The molecule has 2 bridgehead atoms. The molecule has 3 aliphatic rings. The summed E-state index contributed by atoms with van der Waals surface area (Å²) in [5.41, 5.74) is 3.55. The van der Waals surface area contributed by atoms with Gasteiger partial charge < -0.3 is 23.6 Å². The van der Waals surface area contributed by atoms with E-state index in [1.807, 2.05) is 17.5 Å². The number of ether oxygens (including phenoxy) is 3. The number of rotatable bonds is 9. The fourth-order valence-electron chi connectivity index (χ4n) is 6.40. The molecule has 3 fully saturated rings. The van der Waals surface area contributed by atoms with E-state index in [1.165, 1.54) is 19.2 Å². The van der Waals surface area contributed by atoms with Crippen LogP contribution in [0.3, 0.4) is 0 Å². The number of para-hydroxylation sites is 1. The fourth-order valence-corrected chi connectivity index (χ4v) is 7.38. The van der Waals surface area contributed by atoms with Gasteiger partial charge in [0.15, 0.2) is 5.13 Å². The van der Waals surface area contributed by atoms with E-state index in [-0.39, 0.29) is 48.0 Å². The van der Waals surface area contributed by atoms with Crippen molar-refractivity contribution in [2.45, 2.75) is 75.6 Å². The molecule has 2 aromatic carbocycles. The average molecular weight is 626 g/mol. The molecule has 1 aliphatic carbocycles. The summed E-state index contributed by atoms with van der Waals surface area (Å²) < 4.78 is 60.7. The molecular formula is C32H30F3N3O5S. The number of aromatic nitrogens is 2. The lowest BCUT2D eigenvalue weighted by atomic mass is 10.00. The quantitative estimate of drug-likeness (QED) is 0.175. The Balaban J connectivity index is 1.05. The Labute approximate surface area is 255 Å². The van der Waals surface area contributed by atoms with Crippen molar-refractivity contribution < 1.29 is 36.7 Å². The van der Waals surface area contributed by atoms with Gasteiger partial charge in [-0.25, -0.2) is 9.78 Å². The third-order valence-corrected chi connectivity index (χ3v) is 9.46. The highest BCUT2D eigenvalue weighted by molar-refractivity contribution is 7.14. The molecule has 0 unspecified atom stereocenters. The molecule has 0 N–H and O–H groups in total. The number of alkyl halides is 3. The number of fused-ring (bicyclic) bond motifs is 2. The van der Waals surface area contributed by atoms with Gasteiger partial charge >= 0.3 is 12.3 Å². The minimum Gasteiger partial charge on any atom is -0.465 e. The first-order valence-corrected chi connectivity index (χ1v) is 15.5. The van der Waals surface area contributed by atoms with Crippen molar-refractivity contribution >= 4 is 22.4 Å². The molecule has 44 heavy (non-hydrogen) atoms. The van der Waals surface area contributed by atoms with Crippen LogP contribution in [0.25, 0.3) is 22.5 Å². The molecule has 4 aromatic rings. The monoisotopic (exact) mass is 625 g/mol. The van der Waals surface area contributed by atoms with Crippen LogP contribution in [-0.2, 0) is 16.1 Å². The summed E-state index contributed by atoms with van der Waals surface area (Å²) in [4.78, 5) is 19.1. The summed E-state index contributed by atoms with van der Waals surface area (Å²) in [5.74, 6) is 0.212. The fraction of sp³-hybridized carbons (Fsp3) is 0.406. The molecule has 7 rings (SSSR count). The highest BCUT2D eigenvalue weighted by Gasteiger charge is 2.43. The number of methoxy groups -OCH3 is 1. The summed E-state index contributed by atoms with van der Waals surface area (Å²) in [5, 5.41) is 7.21. The van der Waals surface area contributed by atoms with Gasteiger partial charge in [-0.15, -0.1) is 24.5 Å². The second-order valence-electron chi connectivity index (χ2n) is 11.5. The number of anilines is 1. The summed E-state index contributed by atoms with van der Waals surface area (Å²) in [6.07, 6.45) is 0.815. The Hall–Kier alpha value is -3.90. The van der Waals surface area contributed by atoms with Crippen molar-refractivity contribution in [3.05, 3.63) is 70.8 Å². The minimum atomic E-state index is -4.82. The first kappa shape index (κ1) is 28.8. The highest BCUT2D eigenvalue weighted by atomic mass is 32.1. The molecule has 12 heteroatoms. The van der Waals surface area contributed by atoms with Crippen LogP contribution in [0.15, 0.2) is 58.4 Å². The van der Waals surface area contributed by atoms with E-state index in [4.69, 9.17) is 19.0 Å². The Bertz CT molecular complexity index is 1640. The van der Waals surface area contributed by atoms with Gasteiger partial charge in [0.05, 0.1) is 31.1 Å². The predicted molar refractivity (Wildman–Crippen MR) is 157 cm³/mol. The number of hydrogen-bond acceptors (Lipinski definition) is 9. The van der Waals surface area contributed by atoms with Gasteiger partial charge in [0, 0.05) is 40.1 Å². The van der Waals surface area contributed by atoms with Crippen molar-refractivity contribution in [1.29, 1.82) is 0 Å². The molecule has 1 saturated carbocycles. The average Bonchev–Trinajstić information content (AvgIpc) is 3.48. The zero-order chi connectivity index (χ0) is 30.4. The third-order valence-electron chi connectivity index (χ3n) is 8.60. The largest absolute Gasteiger partial charge is 0.573 e. The van der Waals surface area contributed by atoms with Crippen LogP contribution in [0.4, 0.5) is 18.3 Å². The van der Waals surface area contributed by atoms with Crippen LogP contribution >= 0.6 is 11.3 Å². The minimum absolute atomic E-state index is 0.00878. The molecular weight excluding hydrogens is 595 g/mol. The van der Waals surface area contributed by atoms with E-state index in [0.717, 1.165) is 54.9 Å². The Kier molecular flexibility index (Phi) is 7.57. The topological polar surface area (TPSA) is 86.9 Å². The van der Waals surface area contributed by atoms with Crippen molar-refractivity contribution in [2.75, 3.05) is 12.0 Å². The normalized spacial score (nSPS) is 21.5. The van der Waals surface area contributed by atoms with Crippen molar-refractivity contribution in [2.24, 2.45) is 0 Å². The highest BCUT2D eigenvalue weighted by Crippen LogP contribution is 2.47. The first-order valence-electron chi connectivity index (χ1n) is 14.6. The molecule has 0 amide bonds. The molecule has 8 nitrogen and oxygen atoms in total. The molecule has 2 aliphatic heterocycles. The number of carbonyl (C=O) groups is 1. The third kappa shape index (κ3) is 5.80. The zero-order valence-electron chi connectivity index (χ0n) is 23.9. The van der Waals surface area contributed by atoms with Gasteiger partial charge in [-0.3, -0.25) is 0 Å². The Morgan fingerprint density at radius 3 is 2.45 bits per heavy atom. The summed E-state index contributed by atoms with van der Waals surface area (Å²) in [6.45, 7) is 0.206. The molecule has 3 atom stereocenters. The molecule has 4 heterocycles. The smallest absolute Gasteiger partial charge is 0.465 e. The van der Waals surface area contributed by atoms with Crippen LogP contribution in [-0.4, -0.2) is 47.8 Å². The Morgan fingerprint density at radius 2 is 1.77 bits per heavy atom. The molecule has 0 radical (unpaired) electrons. The number of carbonyl (C=O) groups excluding carboxylic acids is 1. The van der Waals surface area contributed by atoms with Crippen LogP contribution < -0.4 is 9.64 Å². The second kappa shape index (κ2) is 11.6. The van der Waals surface area contributed by atoms with E-state index in [1.54, 1.807) is 35.6 Å². The van der Waals surface area contributed by atoms with Crippen LogP contribution in [0.1, 0.15) is 66.1 Å². The van der Waals surface area contributed by atoms with Crippen LogP contribution in [0.2, 0.25) is 0 Å². The number of esters is 1. The first-order chi connectivity index (χ1) is 21.3. The van der Waals surface area contributed by atoms with Gasteiger partial charge in [0.25, 0.3) is 0 Å². The van der Waals surface area contributed by atoms with Gasteiger partial charge in [-0.05, 0) is 62.8 Å². The van der Waals surface area contributed by atoms with E-state index >= 15 is 0 Å². The van der Waals surface area contributed by atoms with Gasteiger partial charge in [-0.2, -0.15) is 0 Å². The number of nitrogens with zero attached hydrogens (tertiary/aromatic N) is 3. The lowest BCUT2D eigenvalue weighted by Gasteiger charge is -2.38. The van der Waals surface area contributed by atoms with Crippen molar-refractivity contribution in [3.63, 3.8) is 0 Å². The van der Waals surface area contributed by atoms with E-state index < -0.39 is 6.36 Å². The number of piperidine rings is 1. The van der Waals surface area contributed by atoms with Gasteiger partial charge in [0.2, 0.25) is 0 Å². The van der Waals surface area contributed by atoms with Crippen molar-refractivity contribution in [1.82, 2.24) is 10.1 Å². The SMILES string of the molecule is COC(=O)c1ccc(-c2csc(N3[C@@H]4CC[C@H]3C[C@H](OCc3c(-c5ccccc5OC(F)(F)F)noc3C3CC3)C4)n2)cc1. The van der Waals surface area contributed by atoms with E-state index in [2.05, 4.69) is 14.8 Å². The lowest BCUT2D eigenvalue weighted by Crippen LogP contribution is -2.45. The van der Waals surface area contributed by atoms with Crippen molar-refractivity contribution in [3.8, 4) is 28.3 Å². The maximum Gasteiger partial charge on any atom is 0.573 e. The van der Waals surface area contributed by atoms with Crippen LogP contribution in [0, 0.1) is 0 Å². The predicted octanol–water partition coefficient (Wildman–Crippen LogP) is 7.74. The molecule has 2 aromatic heterocycles. The van der Waals surface area contributed by atoms with E-state index in [9.17, 15) is 18.0 Å². The summed E-state index contributed by atoms with van der Waals surface area (Å²) in [6, 6.07) is 13.8.